The molecule has 1 heterocycles. The molecule has 2 rings (SSSR count). The Bertz CT molecular complexity index is 543. The van der Waals surface area contributed by atoms with Gasteiger partial charge in [-0.1, -0.05) is 12.1 Å². The summed E-state index contributed by atoms with van der Waals surface area (Å²) in [4.78, 5) is 11.7. The van der Waals surface area contributed by atoms with Crippen molar-refractivity contribution >= 4 is 5.78 Å². The first-order chi connectivity index (χ1) is 10.4. The molecule has 1 fully saturated rings. The van der Waals surface area contributed by atoms with E-state index in [-0.39, 0.29) is 11.5 Å². The molecule has 0 bridgehead atoms. The molecule has 0 spiro atoms. The quantitative estimate of drug-likeness (QED) is 0.547. The van der Waals surface area contributed by atoms with Crippen LogP contribution in [0.4, 0.5) is 0 Å². The number of rotatable bonds is 4. The van der Waals surface area contributed by atoms with E-state index in [9.17, 15) is 20.1 Å². The van der Waals surface area contributed by atoms with Crippen LogP contribution in [0, 0.1) is 6.92 Å². The Morgan fingerprint density at radius 3 is 2.50 bits per heavy atom. The highest BCUT2D eigenvalue weighted by atomic mass is 16.7. The summed E-state index contributed by atoms with van der Waals surface area (Å²) >= 11 is 0. The number of carbonyl (C=O) groups is 1. The van der Waals surface area contributed by atoms with E-state index < -0.39 is 37.3 Å². The van der Waals surface area contributed by atoms with Crippen LogP contribution in [0.2, 0.25) is 0 Å². The number of hydrogen-bond donors (Lipinski definition) is 4. The summed E-state index contributed by atoms with van der Waals surface area (Å²) < 4.78 is 10.8. The van der Waals surface area contributed by atoms with Crippen LogP contribution in [0.5, 0.6) is 5.75 Å². The van der Waals surface area contributed by atoms with Gasteiger partial charge in [0.1, 0.15) is 30.2 Å². The summed E-state index contributed by atoms with van der Waals surface area (Å²) in [7, 11) is 0. The fourth-order valence-electron chi connectivity index (χ4n) is 2.48. The first-order valence-corrected chi connectivity index (χ1v) is 6.94. The average molecular weight is 312 g/mol. The van der Waals surface area contributed by atoms with Gasteiger partial charge in [-0.3, -0.25) is 4.79 Å². The van der Waals surface area contributed by atoms with Crippen LogP contribution >= 0.6 is 0 Å². The van der Waals surface area contributed by atoms with Gasteiger partial charge < -0.3 is 29.9 Å². The molecule has 0 aromatic heterocycles. The maximum absolute atomic E-state index is 11.7. The third kappa shape index (κ3) is 3.13. The van der Waals surface area contributed by atoms with Crippen LogP contribution in [-0.4, -0.2) is 63.5 Å². The Hall–Kier alpha value is -1.51. The van der Waals surface area contributed by atoms with Crippen molar-refractivity contribution < 1.29 is 34.7 Å². The van der Waals surface area contributed by atoms with E-state index in [1.54, 1.807) is 25.1 Å². The van der Waals surface area contributed by atoms with Gasteiger partial charge in [0.15, 0.2) is 5.78 Å². The fraction of sp³-hybridized carbons (Fsp3) is 0.533. The number of aryl methyl sites for hydroxylation is 1. The molecule has 5 unspecified atom stereocenters. The second kappa shape index (κ2) is 6.72. The van der Waals surface area contributed by atoms with E-state index in [0.717, 1.165) is 0 Å². The van der Waals surface area contributed by atoms with Crippen molar-refractivity contribution in [1.29, 1.82) is 0 Å². The summed E-state index contributed by atoms with van der Waals surface area (Å²) in [6, 6.07) is 4.98. The molecule has 22 heavy (non-hydrogen) atoms. The van der Waals surface area contributed by atoms with Crippen molar-refractivity contribution in [3.05, 3.63) is 29.3 Å². The smallest absolute Gasteiger partial charge is 0.229 e. The van der Waals surface area contributed by atoms with Gasteiger partial charge in [-0.15, -0.1) is 0 Å². The Morgan fingerprint density at radius 1 is 1.23 bits per heavy atom. The largest absolute Gasteiger partial charge is 0.461 e. The lowest BCUT2D eigenvalue weighted by Crippen LogP contribution is -2.60. The highest BCUT2D eigenvalue weighted by Gasteiger charge is 2.44. The minimum absolute atomic E-state index is 0.205. The first-order valence-electron chi connectivity index (χ1n) is 6.94. The number of ketones is 1. The molecule has 1 aromatic carbocycles. The average Bonchev–Trinajstić information content (AvgIpc) is 2.47. The van der Waals surface area contributed by atoms with Crippen LogP contribution in [-0.2, 0) is 4.74 Å². The minimum Gasteiger partial charge on any atom is -0.461 e. The molecule has 1 aliphatic heterocycles. The second-order valence-corrected chi connectivity index (χ2v) is 5.32. The summed E-state index contributed by atoms with van der Waals surface area (Å²) in [5.74, 6) is -0.00507. The first kappa shape index (κ1) is 16.9. The number of carbonyl (C=O) groups excluding carboxylic acids is 1. The molecule has 0 aliphatic carbocycles. The van der Waals surface area contributed by atoms with Crippen LogP contribution < -0.4 is 4.74 Å². The van der Waals surface area contributed by atoms with Gasteiger partial charge in [-0.05, 0) is 25.5 Å². The zero-order valence-electron chi connectivity index (χ0n) is 12.3. The van der Waals surface area contributed by atoms with Gasteiger partial charge in [0.05, 0.1) is 12.2 Å². The SMILES string of the molecule is CC(=O)c1c(C)cccc1OC1OC(CO)C(O)C(O)C1O. The molecule has 122 valence electrons. The Balaban J connectivity index is 2.27. The molecule has 0 amide bonds. The van der Waals surface area contributed by atoms with E-state index in [2.05, 4.69) is 0 Å². The summed E-state index contributed by atoms with van der Waals surface area (Å²) in [5.41, 5.74) is 1.05. The molecule has 7 heteroatoms. The van der Waals surface area contributed by atoms with E-state index in [4.69, 9.17) is 14.6 Å². The molecule has 1 aromatic rings. The van der Waals surface area contributed by atoms with E-state index in [0.29, 0.717) is 11.1 Å². The summed E-state index contributed by atoms with van der Waals surface area (Å²) in [6.45, 7) is 2.59. The lowest BCUT2D eigenvalue weighted by molar-refractivity contribution is -0.277. The van der Waals surface area contributed by atoms with E-state index in [1.807, 2.05) is 0 Å². The van der Waals surface area contributed by atoms with Crippen molar-refractivity contribution in [2.24, 2.45) is 0 Å². The van der Waals surface area contributed by atoms with Crippen molar-refractivity contribution in [3.8, 4) is 5.75 Å². The van der Waals surface area contributed by atoms with Gasteiger partial charge >= 0.3 is 0 Å². The molecular formula is C15H20O7. The molecule has 0 saturated carbocycles. The molecular weight excluding hydrogens is 292 g/mol. The minimum atomic E-state index is -1.53. The standard InChI is InChI=1S/C15H20O7/c1-7-4-3-5-9(11(7)8(2)17)21-15-14(20)13(19)12(18)10(6-16)22-15/h3-5,10,12-16,18-20H,6H2,1-2H3. The van der Waals surface area contributed by atoms with Crippen molar-refractivity contribution in [2.45, 2.75) is 44.6 Å². The number of aliphatic hydroxyl groups is 4. The normalized spacial score (nSPS) is 31.8. The summed E-state index contributed by atoms with van der Waals surface area (Å²) in [6.07, 6.45) is -6.87. The number of aliphatic hydroxyl groups excluding tert-OH is 4. The van der Waals surface area contributed by atoms with Crippen LogP contribution in [0.25, 0.3) is 0 Å². The van der Waals surface area contributed by atoms with E-state index in [1.165, 1.54) is 6.92 Å². The van der Waals surface area contributed by atoms with Gasteiger partial charge in [-0.2, -0.15) is 0 Å². The van der Waals surface area contributed by atoms with Crippen LogP contribution in [0.3, 0.4) is 0 Å². The molecule has 1 aliphatic rings. The Morgan fingerprint density at radius 2 is 1.91 bits per heavy atom. The monoisotopic (exact) mass is 312 g/mol. The van der Waals surface area contributed by atoms with Gasteiger partial charge in [-0.25, -0.2) is 0 Å². The highest BCUT2D eigenvalue weighted by Crippen LogP contribution is 2.28. The Labute approximate surface area is 127 Å². The lowest BCUT2D eigenvalue weighted by atomic mass is 9.99. The molecule has 7 nitrogen and oxygen atoms in total. The topological polar surface area (TPSA) is 116 Å². The zero-order chi connectivity index (χ0) is 16.4. The lowest BCUT2D eigenvalue weighted by Gasteiger charge is -2.39. The number of ether oxygens (including phenoxy) is 2. The van der Waals surface area contributed by atoms with Crippen LogP contribution in [0.15, 0.2) is 18.2 Å². The second-order valence-electron chi connectivity index (χ2n) is 5.32. The maximum atomic E-state index is 11.7. The van der Waals surface area contributed by atoms with Crippen molar-refractivity contribution in [1.82, 2.24) is 0 Å². The zero-order valence-corrected chi connectivity index (χ0v) is 12.3. The van der Waals surface area contributed by atoms with Crippen LogP contribution in [0.1, 0.15) is 22.8 Å². The highest BCUT2D eigenvalue weighted by molar-refractivity contribution is 5.98. The van der Waals surface area contributed by atoms with Crippen molar-refractivity contribution in [2.75, 3.05) is 6.61 Å². The number of hydrogen-bond acceptors (Lipinski definition) is 7. The fourth-order valence-corrected chi connectivity index (χ4v) is 2.48. The number of benzene rings is 1. The third-order valence-electron chi connectivity index (χ3n) is 3.68. The van der Waals surface area contributed by atoms with E-state index >= 15 is 0 Å². The predicted molar refractivity (Wildman–Crippen MR) is 75.6 cm³/mol. The molecule has 5 atom stereocenters. The van der Waals surface area contributed by atoms with Crippen molar-refractivity contribution in [3.63, 3.8) is 0 Å². The molecule has 4 N–H and O–H groups in total. The maximum Gasteiger partial charge on any atom is 0.229 e. The van der Waals surface area contributed by atoms with Gasteiger partial charge in [0.2, 0.25) is 6.29 Å². The van der Waals surface area contributed by atoms with Gasteiger partial charge in [0.25, 0.3) is 0 Å². The Kier molecular flexibility index (Phi) is 5.15. The van der Waals surface area contributed by atoms with Gasteiger partial charge in [0, 0.05) is 0 Å². The predicted octanol–water partition coefficient (Wildman–Crippen LogP) is -0.624. The number of Topliss-reactive ketones (excluding diaryl/α,β-unsaturated/α-hetero) is 1. The molecule has 1 saturated heterocycles. The summed E-state index contributed by atoms with van der Waals surface area (Å²) in [5, 5.41) is 38.6. The molecule has 0 radical (unpaired) electrons. The third-order valence-corrected chi connectivity index (χ3v) is 3.68.